The van der Waals surface area contributed by atoms with Crippen molar-refractivity contribution in [3.8, 4) is 17.3 Å². The van der Waals surface area contributed by atoms with E-state index in [-0.39, 0.29) is 18.4 Å². The number of benzene rings is 1. The molecule has 2 aromatic heterocycles. The molecular weight excluding hydrogens is 490 g/mol. The number of carbonyl (C=O) groups is 3. The number of cyclic esters (lactones) is 1. The van der Waals surface area contributed by atoms with Crippen LogP contribution in [-0.2, 0) is 29.5 Å². The third-order valence-corrected chi connectivity index (χ3v) is 7.69. The van der Waals surface area contributed by atoms with E-state index in [9.17, 15) is 14.4 Å². The number of esters is 1. The van der Waals surface area contributed by atoms with Crippen LogP contribution in [0, 0.1) is 5.92 Å². The van der Waals surface area contributed by atoms with Crippen LogP contribution in [-0.4, -0.2) is 69.9 Å². The Morgan fingerprint density at radius 3 is 2.76 bits per heavy atom. The standard InChI is InChI=1S/C27H31N5O6/c1-30-23-19(10-17(12-21(23)36-2)25(33)31-8-3-4-18(14-31)38-27(28)35)29-24(30)20-11-16-7-9-37-26(34)22(16)32(20)13-15-5-6-15/h10-12,15,18H,3-9,13-14H2,1-2H3,(H2,28,35). The maximum atomic E-state index is 13.5. The van der Waals surface area contributed by atoms with Gasteiger partial charge in [0.15, 0.2) is 5.82 Å². The zero-order valence-corrected chi connectivity index (χ0v) is 21.6. The number of imidazole rings is 1. The summed E-state index contributed by atoms with van der Waals surface area (Å²) >= 11 is 0. The molecule has 11 nitrogen and oxygen atoms in total. The van der Waals surface area contributed by atoms with Crippen LogP contribution in [0.4, 0.5) is 4.79 Å². The predicted octanol–water partition coefficient (Wildman–Crippen LogP) is 2.87. The molecule has 1 unspecified atom stereocenters. The number of hydrogen-bond acceptors (Lipinski definition) is 7. The molecule has 200 valence electrons. The van der Waals surface area contributed by atoms with Gasteiger partial charge in [-0.05, 0) is 55.4 Å². The number of fused-ring (bicyclic) bond motifs is 2. The lowest BCUT2D eigenvalue weighted by atomic mass is 10.1. The van der Waals surface area contributed by atoms with Gasteiger partial charge in [0, 0.05) is 32.1 Å². The maximum absolute atomic E-state index is 13.5. The fraction of sp³-hybridized carbons (Fsp3) is 0.481. The van der Waals surface area contributed by atoms with E-state index >= 15 is 0 Å². The van der Waals surface area contributed by atoms with Crippen LogP contribution in [0.5, 0.6) is 5.75 Å². The summed E-state index contributed by atoms with van der Waals surface area (Å²) in [5, 5.41) is 0. The molecule has 1 aliphatic carbocycles. The van der Waals surface area contributed by atoms with Gasteiger partial charge in [-0.3, -0.25) is 4.79 Å². The van der Waals surface area contributed by atoms with Gasteiger partial charge in [-0.2, -0.15) is 0 Å². The van der Waals surface area contributed by atoms with Crippen LogP contribution in [0.25, 0.3) is 22.6 Å². The molecule has 0 spiro atoms. The number of ether oxygens (including phenoxy) is 3. The van der Waals surface area contributed by atoms with Crippen molar-refractivity contribution < 1.29 is 28.6 Å². The summed E-state index contributed by atoms with van der Waals surface area (Å²) in [6.07, 6.45) is 3.08. The molecule has 0 bridgehead atoms. The average molecular weight is 522 g/mol. The molecule has 2 aliphatic heterocycles. The fourth-order valence-electron chi connectivity index (χ4n) is 5.68. The molecule has 1 aromatic carbocycles. The van der Waals surface area contributed by atoms with Crippen molar-refractivity contribution in [1.29, 1.82) is 0 Å². The van der Waals surface area contributed by atoms with Gasteiger partial charge in [-0.25, -0.2) is 14.6 Å². The van der Waals surface area contributed by atoms with Crippen molar-refractivity contribution in [2.24, 2.45) is 18.7 Å². The van der Waals surface area contributed by atoms with Gasteiger partial charge in [0.05, 0.1) is 31.5 Å². The summed E-state index contributed by atoms with van der Waals surface area (Å²) < 4.78 is 20.2. The molecule has 3 aromatic rings. The molecule has 1 saturated carbocycles. The smallest absolute Gasteiger partial charge is 0.404 e. The molecule has 11 heteroatoms. The third kappa shape index (κ3) is 4.25. The molecule has 2 fully saturated rings. The first-order valence-corrected chi connectivity index (χ1v) is 13.0. The van der Waals surface area contributed by atoms with Gasteiger partial charge in [-0.1, -0.05) is 0 Å². The number of likely N-dealkylation sites (tertiary alicyclic amines) is 1. The number of aromatic nitrogens is 3. The number of carbonyl (C=O) groups excluding carboxylic acids is 3. The van der Waals surface area contributed by atoms with E-state index in [1.807, 2.05) is 17.7 Å². The number of hydrogen-bond donors (Lipinski definition) is 1. The van der Waals surface area contributed by atoms with E-state index in [0.717, 1.165) is 36.2 Å². The van der Waals surface area contributed by atoms with Gasteiger partial charge in [0.1, 0.15) is 23.1 Å². The van der Waals surface area contributed by atoms with Gasteiger partial charge in [0.2, 0.25) is 0 Å². The van der Waals surface area contributed by atoms with E-state index in [1.54, 1.807) is 24.1 Å². The van der Waals surface area contributed by atoms with Gasteiger partial charge < -0.3 is 34.0 Å². The summed E-state index contributed by atoms with van der Waals surface area (Å²) in [5.74, 6) is 1.28. The number of primary amides is 1. The highest BCUT2D eigenvalue weighted by atomic mass is 16.6. The molecule has 1 atom stereocenters. The van der Waals surface area contributed by atoms with Crippen molar-refractivity contribution in [3.05, 3.63) is 35.0 Å². The SMILES string of the molecule is COc1cc(C(=O)N2CCCC(OC(N)=O)C2)cc2nc(-c3cc4c(n3CC3CC3)C(=O)OCC4)n(C)c12. The van der Waals surface area contributed by atoms with E-state index in [2.05, 4.69) is 4.57 Å². The largest absolute Gasteiger partial charge is 0.494 e. The number of rotatable bonds is 6. The summed E-state index contributed by atoms with van der Waals surface area (Å²) in [6.45, 7) is 1.96. The molecule has 0 radical (unpaired) electrons. The van der Waals surface area contributed by atoms with Crippen molar-refractivity contribution >= 4 is 29.0 Å². The van der Waals surface area contributed by atoms with Gasteiger partial charge in [0.25, 0.3) is 5.91 Å². The zero-order chi connectivity index (χ0) is 26.6. The second kappa shape index (κ2) is 9.38. The number of nitrogens with zero attached hydrogens (tertiary/aromatic N) is 4. The zero-order valence-electron chi connectivity index (χ0n) is 21.6. The van der Waals surface area contributed by atoms with Crippen LogP contribution < -0.4 is 10.5 Å². The molecule has 4 heterocycles. The second-order valence-corrected chi connectivity index (χ2v) is 10.3. The van der Waals surface area contributed by atoms with Crippen LogP contribution in [0.1, 0.15) is 52.1 Å². The minimum absolute atomic E-state index is 0.189. The Labute approximate surface area is 219 Å². The first kappa shape index (κ1) is 24.3. The fourth-order valence-corrected chi connectivity index (χ4v) is 5.68. The normalized spacial score (nSPS) is 19.3. The Morgan fingerprint density at radius 1 is 1.21 bits per heavy atom. The van der Waals surface area contributed by atoms with Gasteiger partial charge >= 0.3 is 12.1 Å². The number of methoxy groups -OCH3 is 1. The minimum Gasteiger partial charge on any atom is -0.494 e. The minimum atomic E-state index is -0.838. The lowest BCUT2D eigenvalue weighted by molar-refractivity contribution is 0.0373. The van der Waals surface area contributed by atoms with Crippen LogP contribution in [0.15, 0.2) is 18.2 Å². The predicted molar refractivity (Wildman–Crippen MR) is 137 cm³/mol. The van der Waals surface area contributed by atoms with E-state index in [0.29, 0.717) is 66.7 Å². The second-order valence-electron chi connectivity index (χ2n) is 10.3. The van der Waals surface area contributed by atoms with Gasteiger partial charge in [-0.15, -0.1) is 0 Å². The van der Waals surface area contributed by atoms with E-state index in [4.69, 9.17) is 24.9 Å². The number of nitrogens with two attached hydrogens (primary N) is 1. The number of piperidine rings is 1. The maximum Gasteiger partial charge on any atom is 0.404 e. The highest BCUT2D eigenvalue weighted by Crippen LogP contribution is 2.38. The lowest BCUT2D eigenvalue weighted by Crippen LogP contribution is -2.44. The van der Waals surface area contributed by atoms with Crippen molar-refractivity contribution in [2.45, 2.75) is 44.8 Å². The molecule has 6 rings (SSSR count). The molecule has 1 saturated heterocycles. The third-order valence-electron chi connectivity index (χ3n) is 7.69. The topological polar surface area (TPSA) is 131 Å². The molecule has 2 N–H and O–H groups in total. The average Bonchev–Trinajstić information content (AvgIpc) is 3.56. The van der Waals surface area contributed by atoms with Crippen LogP contribution in [0.2, 0.25) is 0 Å². The number of aryl methyl sites for hydroxylation is 1. The van der Waals surface area contributed by atoms with E-state index < -0.39 is 12.2 Å². The Kier molecular flexibility index (Phi) is 6.00. The Morgan fingerprint density at radius 2 is 2.03 bits per heavy atom. The quantitative estimate of drug-likeness (QED) is 0.494. The first-order valence-electron chi connectivity index (χ1n) is 13.0. The molecule has 2 amide bonds. The van der Waals surface area contributed by atoms with Crippen LogP contribution in [0.3, 0.4) is 0 Å². The first-order chi connectivity index (χ1) is 18.3. The summed E-state index contributed by atoms with van der Waals surface area (Å²) in [5.41, 5.74) is 9.45. The summed E-state index contributed by atoms with van der Waals surface area (Å²) in [4.78, 5) is 44.0. The molecular formula is C27H31N5O6. The van der Waals surface area contributed by atoms with Crippen molar-refractivity contribution in [1.82, 2.24) is 19.0 Å². The Hall–Kier alpha value is -4.02. The molecule has 3 aliphatic rings. The summed E-state index contributed by atoms with van der Waals surface area (Å²) in [7, 11) is 3.48. The highest BCUT2D eigenvalue weighted by Gasteiger charge is 2.33. The van der Waals surface area contributed by atoms with E-state index in [1.165, 1.54) is 0 Å². The monoisotopic (exact) mass is 521 g/mol. The Balaban J connectivity index is 1.40. The summed E-state index contributed by atoms with van der Waals surface area (Å²) in [6, 6.07) is 5.54. The van der Waals surface area contributed by atoms with Crippen LogP contribution >= 0.6 is 0 Å². The lowest BCUT2D eigenvalue weighted by Gasteiger charge is -2.32. The van der Waals surface area contributed by atoms with Crippen molar-refractivity contribution in [2.75, 3.05) is 26.8 Å². The number of amides is 2. The molecule has 38 heavy (non-hydrogen) atoms. The Bertz CT molecular complexity index is 1450. The van der Waals surface area contributed by atoms with Crippen molar-refractivity contribution in [3.63, 3.8) is 0 Å². The highest BCUT2D eigenvalue weighted by molar-refractivity contribution is 6.00.